The molecular weight excluding hydrogens is 259 g/mol. The summed E-state index contributed by atoms with van der Waals surface area (Å²) in [6.45, 7) is 1.74. The molecule has 2 aromatic rings. The van der Waals surface area contributed by atoms with Crippen molar-refractivity contribution in [2.45, 2.75) is 13.0 Å². The third-order valence-corrected chi connectivity index (χ3v) is 3.03. The smallest absolute Gasteiger partial charge is 0.129 e. The molecule has 1 atom stereocenters. The highest BCUT2D eigenvalue weighted by Gasteiger charge is 2.10. The monoisotopic (exact) mass is 276 g/mol. The van der Waals surface area contributed by atoms with Crippen molar-refractivity contribution >= 4 is 0 Å². The minimum absolute atomic E-state index is 0.0513. The number of methoxy groups -OCH3 is 1. The molecule has 0 saturated carbocycles. The van der Waals surface area contributed by atoms with Crippen molar-refractivity contribution in [2.75, 3.05) is 13.7 Å². The maximum absolute atomic E-state index is 13.4. The molecule has 0 heterocycles. The number of hydrogen-bond donors (Lipinski definition) is 1. The molecule has 0 fully saturated rings. The van der Waals surface area contributed by atoms with Gasteiger partial charge in [0.15, 0.2) is 0 Å². The molecule has 0 bridgehead atoms. The molecule has 0 aliphatic carbocycles. The van der Waals surface area contributed by atoms with E-state index in [9.17, 15) is 9.50 Å². The van der Waals surface area contributed by atoms with Crippen molar-refractivity contribution in [3.05, 3.63) is 59.4 Å². The second kappa shape index (κ2) is 6.39. The van der Waals surface area contributed by atoms with Crippen LogP contribution in [0.5, 0.6) is 11.5 Å². The van der Waals surface area contributed by atoms with Crippen LogP contribution in [0.4, 0.5) is 4.39 Å². The molecule has 0 radical (unpaired) electrons. The van der Waals surface area contributed by atoms with E-state index in [1.54, 1.807) is 50.4 Å². The van der Waals surface area contributed by atoms with Crippen molar-refractivity contribution in [1.82, 2.24) is 0 Å². The van der Waals surface area contributed by atoms with E-state index < -0.39 is 6.10 Å². The van der Waals surface area contributed by atoms with E-state index >= 15 is 0 Å². The predicted octanol–water partition coefficient (Wildman–Crippen LogP) is 3.26. The molecule has 1 N–H and O–H groups in total. The van der Waals surface area contributed by atoms with Gasteiger partial charge in [-0.15, -0.1) is 0 Å². The number of hydrogen-bond acceptors (Lipinski definition) is 3. The summed E-state index contributed by atoms with van der Waals surface area (Å²) in [5.74, 6) is 0.747. The van der Waals surface area contributed by atoms with Gasteiger partial charge in [-0.05, 0) is 36.2 Å². The van der Waals surface area contributed by atoms with Crippen LogP contribution >= 0.6 is 0 Å². The quantitative estimate of drug-likeness (QED) is 0.911. The van der Waals surface area contributed by atoms with Crippen LogP contribution in [0.25, 0.3) is 0 Å². The van der Waals surface area contributed by atoms with Gasteiger partial charge in [0.05, 0.1) is 7.11 Å². The number of aliphatic hydroxyl groups excluding tert-OH is 1. The Balaban J connectivity index is 2.00. The lowest BCUT2D eigenvalue weighted by atomic mass is 10.1. The molecule has 20 heavy (non-hydrogen) atoms. The fraction of sp³-hybridized carbons (Fsp3) is 0.250. The number of halogens is 1. The van der Waals surface area contributed by atoms with Gasteiger partial charge in [-0.3, -0.25) is 0 Å². The Hall–Kier alpha value is -2.07. The highest BCUT2D eigenvalue weighted by Crippen LogP contribution is 2.21. The average Bonchev–Trinajstić information content (AvgIpc) is 2.48. The van der Waals surface area contributed by atoms with E-state index in [4.69, 9.17) is 9.47 Å². The van der Waals surface area contributed by atoms with Crippen molar-refractivity contribution < 1.29 is 19.0 Å². The van der Waals surface area contributed by atoms with Crippen molar-refractivity contribution in [1.29, 1.82) is 0 Å². The summed E-state index contributed by atoms with van der Waals surface area (Å²) < 4.78 is 23.9. The van der Waals surface area contributed by atoms with Crippen LogP contribution in [-0.2, 0) is 0 Å². The lowest BCUT2D eigenvalue weighted by Crippen LogP contribution is -2.10. The van der Waals surface area contributed by atoms with Crippen LogP contribution in [0.1, 0.15) is 17.2 Å². The predicted molar refractivity (Wildman–Crippen MR) is 74.6 cm³/mol. The summed E-state index contributed by atoms with van der Waals surface area (Å²) in [7, 11) is 1.57. The maximum atomic E-state index is 13.4. The molecule has 1 unspecified atom stereocenters. The van der Waals surface area contributed by atoms with Crippen molar-refractivity contribution in [2.24, 2.45) is 0 Å². The third-order valence-electron chi connectivity index (χ3n) is 3.03. The van der Waals surface area contributed by atoms with E-state index in [0.717, 1.165) is 0 Å². The molecule has 0 amide bonds. The highest BCUT2D eigenvalue weighted by molar-refractivity contribution is 5.31. The fourth-order valence-corrected chi connectivity index (χ4v) is 1.78. The maximum Gasteiger partial charge on any atom is 0.129 e. The molecular formula is C16H17FO3. The second-order valence-corrected chi connectivity index (χ2v) is 4.51. The Morgan fingerprint density at radius 1 is 1.15 bits per heavy atom. The molecule has 4 heteroatoms. The van der Waals surface area contributed by atoms with Gasteiger partial charge in [-0.25, -0.2) is 4.39 Å². The summed E-state index contributed by atoms with van der Waals surface area (Å²) >= 11 is 0. The highest BCUT2D eigenvalue weighted by atomic mass is 19.1. The zero-order chi connectivity index (χ0) is 14.5. The fourth-order valence-electron chi connectivity index (χ4n) is 1.78. The number of aliphatic hydroxyl groups is 1. The Labute approximate surface area is 117 Å². The molecule has 2 rings (SSSR count). The topological polar surface area (TPSA) is 38.7 Å². The van der Waals surface area contributed by atoms with Crippen LogP contribution in [-0.4, -0.2) is 18.8 Å². The second-order valence-electron chi connectivity index (χ2n) is 4.51. The van der Waals surface area contributed by atoms with Crippen LogP contribution in [0.15, 0.2) is 42.5 Å². The van der Waals surface area contributed by atoms with E-state index in [1.807, 2.05) is 0 Å². The Morgan fingerprint density at radius 2 is 1.95 bits per heavy atom. The van der Waals surface area contributed by atoms with Gasteiger partial charge >= 0.3 is 0 Å². The normalized spacial score (nSPS) is 12.0. The lowest BCUT2D eigenvalue weighted by molar-refractivity contribution is 0.108. The third kappa shape index (κ3) is 3.48. The first-order chi connectivity index (χ1) is 9.60. The van der Waals surface area contributed by atoms with Gasteiger partial charge in [0, 0.05) is 6.07 Å². The summed E-state index contributed by atoms with van der Waals surface area (Å²) in [4.78, 5) is 0. The van der Waals surface area contributed by atoms with Gasteiger partial charge in [0.1, 0.15) is 30.0 Å². The zero-order valence-corrected chi connectivity index (χ0v) is 11.5. The lowest BCUT2D eigenvalue weighted by Gasteiger charge is -2.14. The van der Waals surface area contributed by atoms with Crippen LogP contribution < -0.4 is 9.47 Å². The largest absolute Gasteiger partial charge is 0.497 e. The Kier molecular flexibility index (Phi) is 4.58. The van der Waals surface area contributed by atoms with Crippen LogP contribution in [0, 0.1) is 12.7 Å². The summed E-state index contributed by atoms with van der Waals surface area (Å²) in [5, 5.41) is 10.1. The summed E-state index contributed by atoms with van der Waals surface area (Å²) in [6, 6.07) is 11.7. The number of ether oxygens (including phenoxy) is 2. The first-order valence-corrected chi connectivity index (χ1v) is 6.31. The van der Waals surface area contributed by atoms with Gasteiger partial charge in [0.25, 0.3) is 0 Å². The zero-order valence-electron chi connectivity index (χ0n) is 11.5. The molecule has 0 saturated heterocycles. The Bertz CT molecular complexity index is 584. The summed E-state index contributed by atoms with van der Waals surface area (Å²) in [5.41, 5.74) is 1.25. The molecule has 0 aliphatic heterocycles. The van der Waals surface area contributed by atoms with Crippen LogP contribution in [0.3, 0.4) is 0 Å². The van der Waals surface area contributed by atoms with Crippen molar-refractivity contribution in [3.8, 4) is 11.5 Å². The van der Waals surface area contributed by atoms with Crippen molar-refractivity contribution in [3.63, 3.8) is 0 Å². The molecule has 2 aromatic carbocycles. The van der Waals surface area contributed by atoms with E-state index in [2.05, 4.69) is 0 Å². The van der Waals surface area contributed by atoms with E-state index in [1.165, 1.54) is 6.07 Å². The standard InChI is InChI=1S/C16H17FO3/c1-11-6-7-14(9-15(11)17)20-10-16(18)12-4-3-5-13(8-12)19-2/h3-9,16,18H,10H2,1-2H3. The summed E-state index contributed by atoms with van der Waals surface area (Å²) in [6.07, 6.45) is -0.797. The number of rotatable bonds is 5. The molecule has 0 aliphatic rings. The number of benzene rings is 2. The first-order valence-electron chi connectivity index (χ1n) is 6.31. The Morgan fingerprint density at radius 3 is 2.65 bits per heavy atom. The van der Waals surface area contributed by atoms with Gasteiger partial charge in [0.2, 0.25) is 0 Å². The molecule has 3 nitrogen and oxygen atoms in total. The SMILES string of the molecule is COc1cccc(C(O)COc2ccc(C)c(F)c2)c1. The van der Waals surface area contributed by atoms with E-state index in [-0.39, 0.29) is 12.4 Å². The minimum atomic E-state index is -0.797. The van der Waals surface area contributed by atoms with Crippen LogP contribution in [0.2, 0.25) is 0 Å². The van der Waals surface area contributed by atoms with Gasteiger partial charge in [-0.2, -0.15) is 0 Å². The first kappa shape index (κ1) is 14.3. The van der Waals surface area contributed by atoms with Gasteiger partial charge < -0.3 is 14.6 Å². The van der Waals surface area contributed by atoms with Gasteiger partial charge in [-0.1, -0.05) is 18.2 Å². The average molecular weight is 276 g/mol. The molecule has 0 aromatic heterocycles. The molecule has 106 valence electrons. The van der Waals surface area contributed by atoms with E-state index in [0.29, 0.717) is 22.6 Å². The minimum Gasteiger partial charge on any atom is -0.497 e. The molecule has 0 spiro atoms. The number of aryl methyl sites for hydroxylation is 1.